The Bertz CT molecular complexity index is 436. The Morgan fingerprint density at radius 1 is 1.28 bits per heavy atom. The number of amides is 3. The van der Waals surface area contributed by atoms with Crippen LogP contribution in [0.2, 0.25) is 5.02 Å². The molecule has 0 radical (unpaired) electrons. The van der Waals surface area contributed by atoms with Gasteiger partial charge in [0.25, 0.3) is 0 Å². The molecule has 2 atom stereocenters. The van der Waals surface area contributed by atoms with E-state index in [9.17, 15) is 9.59 Å². The summed E-state index contributed by atoms with van der Waals surface area (Å²) in [4.78, 5) is 22.1. The molecule has 2 unspecified atom stereocenters. The van der Waals surface area contributed by atoms with E-state index in [1.54, 1.807) is 6.92 Å². The number of imide groups is 1. The maximum atomic E-state index is 11.5. The predicted molar refractivity (Wildman–Crippen MR) is 74.6 cm³/mol. The van der Waals surface area contributed by atoms with Gasteiger partial charge in [0.2, 0.25) is 5.91 Å². The Balaban J connectivity index is 2.58. The lowest BCUT2D eigenvalue weighted by Crippen LogP contribution is -2.39. The molecule has 0 fully saturated rings. The van der Waals surface area contributed by atoms with Gasteiger partial charge in [-0.1, -0.05) is 23.7 Å². The minimum Gasteiger partial charge on any atom is -0.351 e. The first-order chi connectivity index (χ1) is 8.40. The summed E-state index contributed by atoms with van der Waals surface area (Å²) >= 11 is 7.25. The molecular formula is C12H15ClN2O2S. The number of carbonyl (C=O) groups excluding carboxylic acids is 2. The maximum absolute atomic E-state index is 11.5. The van der Waals surface area contributed by atoms with E-state index < -0.39 is 6.03 Å². The minimum absolute atomic E-state index is 0.121. The molecule has 3 N–H and O–H groups in total. The van der Waals surface area contributed by atoms with Gasteiger partial charge in [-0.3, -0.25) is 10.1 Å². The van der Waals surface area contributed by atoms with Crippen LogP contribution >= 0.6 is 23.4 Å². The van der Waals surface area contributed by atoms with E-state index in [1.165, 1.54) is 11.8 Å². The Hall–Kier alpha value is -1.20. The number of carbonyl (C=O) groups is 2. The van der Waals surface area contributed by atoms with E-state index in [1.807, 2.05) is 31.2 Å². The fraction of sp³-hybridized carbons (Fsp3) is 0.333. The van der Waals surface area contributed by atoms with Crippen molar-refractivity contribution in [3.05, 3.63) is 34.9 Å². The second kappa shape index (κ2) is 6.66. The number of nitrogens with one attached hydrogen (secondary N) is 1. The van der Waals surface area contributed by atoms with Crippen molar-refractivity contribution in [1.29, 1.82) is 0 Å². The average molecular weight is 287 g/mol. The number of hydrogen-bond acceptors (Lipinski definition) is 3. The monoisotopic (exact) mass is 286 g/mol. The molecule has 98 valence electrons. The standard InChI is InChI=1S/C12H15ClN2O2S/c1-7(9-3-5-10(13)6-4-9)18-8(2)11(16)15-12(14)17/h3-8H,1-2H3,(H3,14,15,16,17). The first kappa shape index (κ1) is 14.9. The van der Waals surface area contributed by atoms with Gasteiger partial charge in [-0.25, -0.2) is 4.79 Å². The van der Waals surface area contributed by atoms with Crippen LogP contribution in [-0.4, -0.2) is 17.2 Å². The highest BCUT2D eigenvalue weighted by Gasteiger charge is 2.18. The van der Waals surface area contributed by atoms with Gasteiger partial charge < -0.3 is 5.73 Å². The van der Waals surface area contributed by atoms with Gasteiger partial charge >= 0.3 is 6.03 Å². The quantitative estimate of drug-likeness (QED) is 0.894. The van der Waals surface area contributed by atoms with Crippen LogP contribution in [0, 0.1) is 0 Å². The molecule has 6 heteroatoms. The third-order valence-corrected chi connectivity index (χ3v) is 3.92. The SMILES string of the molecule is CC(SC(C)c1ccc(Cl)cc1)C(=O)NC(N)=O. The van der Waals surface area contributed by atoms with Crippen molar-refractivity contribution in [3.63, 3.8) is 0 Å². The first-order valence-electron chi connectivity index (χ1n) is 5.41. The van der Waals surface area contributed by atoms with E-state index in [0.29, 0.717) is 5.02 Å². The molecule has 0 aliphatic heterocycles. The van der Waals surface area contributed by atoms with Crippen LogP contribution in [0.3, 0.4) is 0 Å². The summed E-state index contributed by atoms with van der Waals surface area (Å²) in [5, 5.41) is 2.51. The second-order valence-corrected chi connectivity index (χ2v) is 5.95. The predicted octanol–water partition coefficient (Wildman–Crippen LogP) is 2.72. The summed E-state index contributed by atoms with van der Waals surface area (Å²) in [6.07, 6.45) is 0. The molecule has 1 aromatic carbocycles. The Labute approximate surface area is 115 Å². The van der Waals surface area contributed by atoms with Crippen LogP contribution in [0.15, 0.2) is 24.3 Å². The second-order valence-electron chi connectivity index (χ2n) is 3.83. The van der Waals surface area contributed by atoms with Crippen molar-refractivity contribution in [2.45, 2.75) is 24.3 Å². The van der Waals surface area contributed by atoms with E-state index in [2.05, 4.69) is 5.32 Å². The highest BCUT2D eigenvalue weighted by atomic mass is 35.5. The summed E-state index contributed by atoms with van der Waals surface area (Å²) in [7, 11) is 0. The largest absolute Gasteiger partial charge is 0.351 e. The van der Waals surface area contributed by atoms with Gasteiger partial charge in [0.1, 0.15) is 0 Å². The summed E-state index contributed by atoms with van der Waals surface area (Å²) in [6.45, 7) is 3.72. The number of urea groups is 1. The normalized spacial score (nSPS) is 13.7. The number of benzene rings is 1. The lowest BCUT2D eigenvalue weighted by Gasteiger charge is -2.16. The number of primary amides is 1. The molecule has 18 heavy (non-hydrogen) atoms. The molecule has 4 nitrogen and oxygen atoms in total. The number of thioether (sulfide) groups is 1. The van der Waals surface area contributed by atoms with E-state index in [-0.39, 0.29) is 16.4 Å². The van der Waals surface area contributed by atoms with Crippen molar-refractivity contribution in [2.75, 3.05) is 0 Å². The summed E-state index contributed by atoms with van der Waals surface area (Å²) in [5.41, 5.74) is 5.97. The zero-order valence-electron chi connectivity index (χ0n) is 10.1. The van der Waals surface area contributed by atoms with Crippen LogP contribution < -0.4 is 11.1 Å². The lowest BCUT2D eigenvalue weighted by molar-refractivity contribution is -0.119. The third kappa shape index (κ3) is 4.58. The summed E-state index contributed by atoms with van der Waals surface area (Å²) in [6, 6.07) is 6.62. The van der Waals surface area contributed by atoms with Crippen molar-refractivity contribution in [1.82, 2.24) is 5.32 Å². The van der Waals surface area contributed by atoms with E-state index in [4.69, 9.17) is 17.3 Å². The van der Waals surface area contributed by atoms with Gasteiger partial charge in [-0.15, -0.1) is 11.8 Å². The third-order valence-electron chi connectivity index (χ3n) is 2.36. The average Bonchev–Trinajstić information content (AvgIpc) is 2.28. The molecule has 3 amide bonds. The number of hydrogen-bond donors (Lipinski definition) is 2. The molecule has 0 heterocycles. The van der Waals surface area contributed by atoms with Gasteiger partial charge in [0.05, 0.1) is 5.25 Å². The molecule has 1 aromatic rings. The van der Waals surface area contributed by atoms with Gasteiger partial charge in [-0.05, 0) is 31.5 Å². The zero-order valence-corrected chi connectivity index (χ0v) is 11.7. The topological polar surface area (TPSA) is 72.2 Å². The molecule has 1 rings (SSSR count). The fourth-order valence-electron chi connectivity index (χ4n) is 1.40. The maximum Gasteiger partial charge on any atom is 0.318 e. The van der Waals surface area contributed by atoms with Crippen LogP contribution in [0.5, 0.6) is 0 Å². The first-order valence-corrected chi connectivity index (χ1v) is 6.73. The Kier molecular flexibility index (Phi) is 5.50. The Morgan fingerprint density at radius 2 is 1.83 bits per heavy atom. The Morgan fingerprint density at radius 3 is 2.33 bits per heavy atom. The van der Waals surface area contributed by atoms with Crippen molar-refractivity contribution in [2.24, 2.45) is 5.73 Å². The molecular weight excluding hydrogens is 272 g/mol. The van der Waals surface area contributed by atoms with Crippen LogP contribution in [0.4, 0.5) is 4.79 Å². The van der Waals surface area contributed by atoms with Crippen LogP contribution in [-0.2, 0) is 4.79 Å². The van der Waals surface area contributed by atoms with E-state index in [0.717, 1.165) is 5.56 Å². The number of rotatable bonds is 4. The van der Waals surface area contributed by atoms with Gasteiger partial charge in [-0.2, -0.15) is 0 Å². The van der Waals surface area contributed by atoms with Gasteiger partial charge in [0.15, 0.2) is 0 Å². The molecule has 0 bridgehead atoms. The van der Waals surface area contributed by atoms with Crippen LogP contribution in [0.25, 0.3) is 0 Å². The smallest absolute Gasteiger partial charge is 0.318 e. The summed E-state index contributed by atoms with van der Waals surface area (Å²) < 4.78 is 0. The molecule has 0 aromatic heterocycles. The highest BCUT2D eigenvalue weighted by molar-refractivity contribution is 8.00. The lowest BCUT2D eigenvalue weighted by atomic mass is 10.2. The fourth-order valence-corrected chi connectivity index (χ4v) is 2.64. The van der Waals surface area contributed by atoms with Crippen molar-refractivity contribution in [3.8, 4) is 0 Å². The molecule has 0 saturated carbocycles. The zero-order chi connectivity index (χ0) is 13.7. The van der Waals surface area contributed by atoms with Crippen molar-refractivity contribution < 1.29 is 9.59 Å². The summed E-state index contributed by atoms with van der Waals surface area (Å²) in [5.74, 6) is -0.381. The highest BCUT2D eigenvalue weighted by Crippen LogP contribution is 2.32. The van der Waals surface area contributed by atoms with Crippen molar-refractivity contribution >= 4 is 35.3 Å². The van der Waals surface area contributed by atoms with E-state index >= 15 is 0 Å². The van der Waals surface area contributed by atoms with Gasteiger partial charge in [0, 0.05) is 10.3 Å². The number of nitrogens with two attached hydrogens (primary N) is 1. The molecule has 0 saturated heterocycles. The molecule has 0 spiro atoms. The number of halogens is 1. The van der Waals surface area contributed by atoms with Crippen LogP contribution in [0.1, 0.15) is 24.7 Å². The molecule has 0 aliphatic rings. The minimum atomic E-state index is -0.827. The molecule has 0 aliphatic carbocycles.